The van der Waals surface area contributed by atoms with Crippen molar-refractivity contribution in [1.82, 2.24) is 4.90 Å². The molecule has 0 spiro atoms. The van der Waals surface area contributed by atoms with Crippen LogP contribution in [0, 0.1) is 11.3 Å². The summed E-state index contributed by atoms with van der Waals surface area (Å²) in [6.07, 6.45) is 6.32. The van der Waals surface area contributed by atoms with E-state index in [0.717, 1.165) is 12.5 Å². The van der Waals surface area contributed by atoms with E-state index in [-0.39, 0.29) is 6.04 Å². The lowest BCUT2D eigenvalue weighted by molar-refractivity contribution is 0.175. The van der Waals surface area contributed by atoms with Crippen LogP contribution in [0.2, 0.25) is 0 Å². The third-order valence-corrected chi connectivity index (χ3v) is 2.71. The van der Waals surface area contributed by atoms with Crippen LogP contribution in [0.25, 0.3) is 0 Å². The van der Waals surface area contributed by atoms with Crippen molar-refractivity contribution in [2.45, 2.75) is 44.2 Å². The fourth-order valence-corrected chi connectivity index (χ4v) is 1.94. The van der Waals surface area contributed by atoms with Crippen molar-refractivity contribution < 1.29 is 0 Å². The highest BCUT2D eigenvalue weighted by molar-refractivity contribution is 5.00. The lowest BCUT2D eigenvalue weighted by atomic mass is 10.0. The summed E-state index contributed by atoms with van der Waals surface area (Å²) in [6, 6.07) is 3.43. The first-order valence-electron chi connectivity index (χ1n) is 4.57. The maximum absolute atomic E-state index is 8.85. The van der Waals surface area contributed by atoms with Crippen LogP contribution in [0.5, 0.6) is 0 Å². The maximum Gasteiger partial charge on any atom is 0.0980 e. The second-order valence-corrected chi connectivity index (χ2v) is 3.61. The minimum absolute atomic E-state index is 0.247. The van der Waals surface area contributed by atoms with Gasteiger partial charge in [-0.25, -0.2) is 0 Å². The summed E-state index contributed by atoms with van der Waals surface area (Å²) >= 11 is 0. The van der Waals surface area contributed by atoms with Gasteiger partial charge in [-0.05, 0) is 38.6 Å². The van der Waals surface area contributed by atoms with E-state index in [9.17, 15) is 0 Å². The van der Waals surface area contributed by atoms with Crippen molar-refractivity contribution in [3.63, 3.8) is 0 Å². The van der Waals surface area contributed by atoms with Gasteiger partial charge in [-0.3, -0.25) is 4.90 Å². The molecule has 0 aromatic carbocycles. The van der Waals surface area contributed by atoms with Crippen LogP contribution in [0.4, 0.5) is 0 Å². The van der Waals surface area contributed by atoms with Gasteiger partial charge in [-0.2, -0.15) is 5.26 Å². The highest BCUT2D eigenvalue weighted by Crippen LogP contribution is 2.32. The smallest absolute Gasteiger partial charge is 0.0980 e. The van der Waals surface area contributed by atoms with Crippen LogP contribution in [-0.4, -0.2) is 23.5 Å². The van der Waals surface area contributed by atoms with E-state index in [1.807, 2.05) is 0 Å². The van der Waals surface area contributed by atoms with Crippen molar-refractivity contribution in [2.24, 2.45) is 0 Å². The first-order valence-corrected chi connectivity index (χ1v) is 4.57. The fraction of sp³-hybridized carbons (Fsp3) is 0.889. The van der Waals surface area contributed by atoms with Gasteiger partial charge >= 0.3 is 0 Å². The Hall–Kier alpha value is -0.550. The van der Waals surface area contributed by atoms with Gasteiger partial charge in [-0.1, -0.05) is 0 Å². The van der Waals surface area contributed by atoms with Gasteiger partial charge in [0.05, 0.1) is 12.1 Å². The summed E-state index contributed by atoms with van der Waals surface area (Å²) in [7, 11) is 0. The molecule has 1 aliphatic carbocycles. The van der Waals surface area contributed by atoms with Crippen molar-refractivity contribution in [1.29, 1.82) is 5.26 Å². The highest BCUT2D eigenvalue weighted by Gasteiger charge is 2.34. The minimum atomic E-state index is 0.247. The van der Waals surface area contributed by atoms with Crippen molar-refractivity contribution >= 4 is 0 Å². The molecule has 2 rings (SSSR count). The summed E-state index contributed by atoms with van der Waals surface area (Å²) in [5.74, 6) is 0. The molecule has 11 heavy (non-hydrogen) atoms. The Bertz CT molecular complexity index is 178. The summed E-state index contributed by atoms with van der Waals surface area (Å²) in [4.78, 5) is 2.41. The Kier molecular flexibility index (Phi) is 1.83. The molecule has 1 atom stereocenters. The van der Waals surface area contributed by atoms with Crippen LogP contribution in [-0.2, 0) is 0 Å². The molecule has 1 heterocycles. The van der Waals surface area contributed by atoms with Crippen molar-refractivity contribution in [3.05, 3.63) is 0 Å². The summed E-state index contributed by atoms with van der Waals surface area (Å²) in [6.45, 7) is 1.17. The number of hydrogen-bond donors (Lipinski definition) is 0. The Morgan fingerprint density at radius 2 is 2.00 bits per heavy atom. The number of nitrogens with zero attached hydrogens (tertiary/aromatic N) is 2. The standard InChI is InChI=1S/C9H14N2/c10-7-9-3-1-2-6-11(9)8-4-5-8/h8-9H,1-6H2. The molecule has 0 N–H and O–H groups in total. The van der Waals surface area contributed by atoms with Crippen molar-refractivity contribution in [2.75, 3.05) is 6.54 Å². The Labute approximate surface area is 67.8 Å². The summed E-state index contributed by atoms with van der Waals surface area (Å²) in [5.41, 5.74) is 0. The molecule has 60 valence electrons. The van der Waals surface area contributed by atoms with Crippen LogP contribution in [0.15, 0.2) is 0 Å². The van der Waals surface area contributed by atoms with E-state index in [1.54, 1.807) is 0 Å². The maximum atomic E-state index is 8.85. The third-order valence-electron chi connectivity index (χ3n) is 2.71. The predicted molar refractivity (Wildman–Crippen MR) is 43.0 cm³/mol. The van der Waals surface area contributed by atoms with E-state index in [4.69, 9.17) is 5.26 Å². The Morgan fingerprint density at radius 3 is 2.64 bits per heavy atom. The molecule has 2 nitrogen and oxygen atoms in total. The summed E-state index contributed by atoms with van der Waals surface area (Å²) in [5, 5.41) is 8.85. The molecule has 1 aliphatic heterocycles. The Balaban J connectivity index is 1.97. The van der Waals surface area contributed by atoms with Crippen LogP contribution < -0.4 is 0 Å². The zero-order chi connectivity index (χ0) is 7.68. The topological polar surface area (TPSA) is 27.0 Å². The van der Waals surface area contributed by atoms with Crippen LogP contribution in [0.1, 0.15) is 32.1 Å². The van der Waals surface area contributed by atoms with Gasteiger partial charge in [0, 0.05) is 6.04 Å². The van der Waals surface area contributed by atoms with Gasteiger partial charge in [-0.15, -0.1) is 0 Å². The fourth-order valence-electron chi connectivity index (χ4n) is 1.94. The minimum Gasteiger partial charge on any atom is -0.285 e. The van der Waals surface area contributed by atoms with Gasteiger partial charge in [0.1, 0.15) is 0 Å². The highest BCUT2D eigenvalue weighted by atomic mass is 15.2. The normalized spacial score (nSPS) is 33.2. The SMILES string of the molecule is N#CC1CCCCN1C1CC1. The predicted octanol–water partition coefficient (Wildman–Crippen LogP) is 1.53. The second-order valence-electron chi connectivity index (χ2n) is 3.61. The van der Waals surface area contributed by atoms with E-state index in [1.165, 1.54) is 32.2 Å². The quantitative estimate of drug-likeness (QED) is 0.566. The summed E-state index contributed by atoms with van der Waals surface area (Å²) < 4.78 is 0. The zero-order valence-corrected chi connectivity index (χ0v) is 6.79. The zero-order valence-electron chi connectivity index (χ0n) is 6.79. The van der Waals surface area contributed by atoms with Gasteiger partial charge in [0.15, 0.2) is 0 Å². The van der Waals surface area contributed by atoms with Gasteiger partial charge in [0.2, 0.25) is 0 Å². The third kappa shape index (κ3) is 1.39. The van der Waals surface area contributed by atoms with Gasteiger partial charge < -0.3 is 0 Å². The van der Waals surface area contributed by atoms with E-state index in [2.05, 4.69) is 11.0 Å². The molecule has 2 heteroatoms. The number of piperidine rings is 1. The second kappa shape index (κ2) is 2.83. The van der Waals surface area contributed by atoms with Crippen LogP contribution in [0.3, 0.4) is 0 Å². The lowest BCUT2D eigenvalue weighted by Crippen LogP contribution is -2.39. The van der Waals surface area contributed by atoms with Crippen LogP contribution >= 0.6 is 0 Å². The first-order chi connectivity index (χ1) is 5.42. The average molecular weight is 150 g/mol. The number of hydrogen-bond acceptors (Lipinski definition) is 2. The molecule has 1 saturated carbocycles. The van der Waals surface area contributed by atoms with Crippen molar-refractivity contribution in [3.8, 4) is 6.07 Å². The van der Waals surface area contributed by atoms with E-state index in [0.29, 0.717) is 0 Å². The molecular formula is C9H14N2. The molecule has 2 aliphatic rings. The number of nitriles is 1. The molecule has 0 aromatic rings. The average Bonchev–Trinajstić information content (AvgIpc) is 2.87. The number of likely N-dealkylation sites (tertiary alicyclic amines) is 1. The molecule has 1 saturated heterocycles. The molecule has 1 unspecified atom stereocenters. The number of rotatable bonds is 1. The Morgan fingerprint density at radius 1 is 1.18 bits per heavy atom. The van der Waals surface area contributed by atoms with E-state index >= 15 is 0 Å². The lowest BCUT2D eigenvalue weighted by Gasteiger charge is -2.31. The largest absolute Gasteiger partial charge is 0.285 e. The van der Waals surface area contributed by atoms with Gasteiger partial charge in [0.25, 0.3) is 0 Å². The molecule has 0 radical (unpaired) electrons. The molecule has 0 aromatic heterocycles. The molecule has 0 amide bonds. The molecular weight excluding hydrogens is 136 g/mol. The van der Waals surface area contributed by atoms with E-state index < -0.39 is 0 Å². The first kappa shape index (κ1) is 7.12. The monoisotopic (exact) mass is 150 g/mol. The molecule has 2 fully saturated rings. The molecule has 0 bridgehead atoms.